The van der Waals surface area contributed by atoms with Crippen LogP contribution >= 0.6 is 0 Å². The van der Waals surface area contributed by atoms with E-state index in [2.05, 4.69) is 12.8 Å². The van der Waals surface area contributed by atoms with Gasteiger partial charge in [0.15, 0.2) is 0 Å². The molecule has 0 aliphatic heterocycles. The maximum atomic E-state index is 8.74. The second kappa shape index (κ2) is 8.10. The minimum Gasteiger partial charge on any atom is -0.395 e. The highest BCUT2D eigenvalue weighted by molar-refractivity contribution is 4.98. The smallest absolute Gasteiger partial charge is 0.0710 e. The normalized spacial score (nSPS) is 12.8. The van der Waals surface area contributed by atoms with Gasteiger partial charge in [-0.2, -0.15) is 0 Å². The number of aliphatic hydroxyl groups excluding tert-OH is 1. The van der Waals surface area contributed by atoms with Crippen molar-refractivity contribution >= 4 is 0 Å². The zero-order valence-corrected chi connectivity index (χ0v) is 8.79. The number of unbranched alkanes of at least 4 members (excludes halogenated alkanes) is 2. The van der Waals surface area contributed by atoms with Gasteiger partial charge in [0.05, 0.1) is 12.6 Å². The first-order chi connectivity index (χ1) is 6.26. The van der Waals surface area contributed by atoms with E-state index in [9.17, 15) is 0 Å². The van der Waals surface area contributed by atoms with Crippen LogP contribution in [0, 0.1) is 12.3 Å². The van der Waals surface area contributed by atoms with Gasteiger partial charge in [-0.25, -0.2) is 0 Å². The second-order valence-electron chi connectivity index (χ2n) is 3.38. The molecule has 0 bridgehead atoms. The lowest BCUT2D eigenvalue weighted by atomic mass is 10.1. The number of hydrogen-bond donors (Lipinski definition) is 1. The zero-order valence-electron chi connectivity index (χ0n) is 8.79. The van der Waals surface area contributed by atoms with Gasteiger partial charge in [-0.3, -0.25) is 4.90 Å². The summed E-state index contributed by atoms with van der Waals surface area (Å²) in [6.45, 7) is 3.03. The topological polar surface area (TPSA) is 23.5 Å². The van der Waals surface area contributed by atoms with E-state index in [1.54, 1.807) is 0 Å². The minimum absolute atomic E-state index is 0.183. The van der Waals surface area contributed by atoms with Crippen molar-refractivity contribution in [1.82, 2.24) is 4.90 Å². The lowest BCUT2D eigenvalue weighted by molar-refractivity contribution is 0.197. The van der Waals surface area contributed by atoms with Crippen LogP contribution in [-0.2, 0) is 0 Å². The third kappa shape index (κ3) is 5.68. The highest BCUT2D eigenvalue weighted by atomic mass is 16.3. The molecule has 1 atom stereocenters. The van der Waals surface area contributed by atoms with E-state index in [0.717, 1.165) is 6.42 Å². The molecule has 0 saturated heterocycles. The number of likely N-dealkylation sites (N-methyl/N-ethyl adjacent to an activating group) is 1. The number of rotatable bonds is 7. The van der Waals surface area contributed by atoms with Crippen molar-refractivity contribution in [2.45, 2.75) is 38.6 Å². The molecule has 2 heteroatoms. The molecule has 2 nitrogen and oxygen atoms in total. The third-order valence-corrected chi connectivity index (χ3v) is 2.26. The Balaban J connectivity index is 3.68. The van der Waals surface area contributed by atoms with Crippen LogP contribution in [0.3, 0.4) is 0 Å². The Morgan fingerprint density at radius 2 is 2.15 bits per heavy atom. The lowest BCUT2D eigenvalue weighted by Gasteiger charge is -2.22. The predicted octanol–water partition coefficient (Wildman–Crippen LogP) is 1.49. The highest BCUT2D eigenvalue weighted by Crippen LogP contribution is 2.07. The number of terminal acetylenes is 1. The van der Waals surface area contributed by atoms with Gasteiger partial charge in [0.2, 0.25) is 0 Å². The summed E-state index contributed by atoms with van der Waals surface area (Å²) in [6.07, 6.45) is 10.1. The van der Waals surface area contributed by atoms with Gasteiger partial charge in [-0.15, -0.1) is 6.42 Å². The monoisotopic (exact) mass is 183 g/mol. The summed E-state index contributed by atoms with van der Waals surface area (Å²) in [7, 11) is 1.96. The van der Waals surface area contributed by atoms with Crippen molar-refractivity contribution in [2.75, 3.05) is 20.2 Å². The maximum absolute atomic E-state index is 8.74. The van der Waals surface area contributed by atoms with Crippen LogP contribution in [-0.4, -0.2) is 36.2 Å². The van der Waals surface area contributed by atoms with E-state index in [1.165, 1.54) is 19.3 Å². The molecule has 0 radical (unpaired) electrons. The molecule has 76 valence electrons. The van der Waals surface area contributed by atoms with Gasteiger partial charge in [0, 0.05) is 6.54 Å². The van der Waals surface area contributed by atoms with Gasteiger partial charge in [-0.05, 0) is 13.5 Å². The molecule has 0 aliphatic rings. The second-order valence-corrected chi connectivity index (χ2v) is 3.38. The van der Waals surface area contributed by atoms with Crippen LogP contribution in [0.4, 0.5) is 0 Å². The first-order valence-electron chi connectivity index (χ1n) is 5.03. The fourth-order valence-corrected chi connectivity index (χ4v) is 1.33. The SMILES string of the molecule is C#CC(CCCCC)N(C)CCO. The van der Waals surface area contributed by atoms with Gasteiger partial charge in [0.25, 0.3) is 0 Å². The van der Waals surface area contributed by atoms with Crippen LogP contribution in [0.25, 0.3) is 0 Å². The molecule has 0 heterocycles. The van der Waals surface area contributed by atoms with Crippen molar-refractivity contribution < 1.29 is 5.11 Å². The van der Waals surface area contributed by atoms with Crippen molar-refractivity contribution in [3.63, 3.8) is 0 Å². The highest BCUT2D eigenvalue weighted by Gasteiger charge is 2.09. The Hall–Kier alpha value is -0.520. The van der Waals surface area contributed by atoms with Crippen molar-refractivity contribution in [3.8, 4) is 12.3 Å². The first kappa shape index (κ1) is 12.5. The molecule has 0 aromatic carbocycles. The van der Waals surface area contributed by atoms with Crippen LogP contribution in [0.5, 0.6) is 0 Å². The molecule has 0 fully saturated rings. The third-order valence-electron chi connectivity index (χ3n) is 2.26. The molecule has 0 spiro atoms. The molecular weight excluding hydrogens is 162 g/mol. The van der Waals surface area contributed by atoms with E-state index in [-0.39, 0.29) is 12.6 Å². The molecule has 0 aliphatic carbocycles. The Kier molecular flexibility index (Phi) is 7.77. The van der Waals surface area contributed by atoms with E-state index >= 15 is 0 Å². The molecule has 0 saturated carbocycles. The number of nitrogens with zero attached hydrogens (tertiary/aromatic N) is 1. The fourth-order valence-electron chi connectivity index (χ4n) is 1.33. The van der Waals surface area contributed by atoms with E-state index in [1.807, 2.05) is 11.9 Å². The average molecular weight is 183 g/mol. The lowest BCUT2D eigenvalue weighted by Crippen LogP contribution is -2.32. The molecule has 0 aromatic heterocycles. The summed E-state index contributed by atoms with van der Waals surface area (Å²) < 4.78 is 0. The molecule has 0 aromatic rings. The van der Waals surface area contributed by atoms with Gasteiger partial charge >= 0.3 is 0 Å². The van der Waals surface area contributed by atoms with Crippen molar-refractivity contribution in [1.29, 1.82) is 0 Å². The molecular formula is C11H21NO. The molecule has 0 amide bonds. The van der Waals surface area contributed by atoms with Crippen LogP contribution in [0.1, 0.15) is 32.6 Å². The van der Waals surface area contributed by atoms with Crippen LogP contribution < -0.4 is 0 Å². The van der Waals surface area contributed by atoms with Crippen LogP contribution in [0.2, 0.25) is 0 Å². The van der Waals surface area contributed by atoms with Crippen molar-refractivity contribution in [3.05, 3.63) is 0 Å². The van der Waals surface area contributed by atoms with Crippen molar-refractivity contribution in [2.24, 2.45) is 0 Å². The average Bonchev–Trinajstić information content (AvgIpc) is 2.13. The molecule has 13 heavy (non-hydrogen) atoms. The van der Waals surface area contributed by atoms with Gasteiger partial charge in [0.1, 0.15) is 0 Å². The van der Waals surface area contributed by atoms with Gasteiger partial charge < -0.3 is 5.11 Å². The minimum atomic E-state index is 0.183. The Morgan fingerprint density at radius 3 is 2.62 bits per heavy atom. The summed E-state index contributed by atoms with van der Waals surface area (Å²) in [6, 6.07) is 0.193. The molecule has 1 N–H and O–H groups in total. The quantitative estimate of drug-likeness (QED) is 0.477. The van der Waals surface area contributed by atoms with E-state index < -0.39 is 0 Å². The van der Waals surface area contributed by atoms with Gasteiger partial charge in [-0.1, -0.05) is 32.1 Å². The molecule has 1 unspecified atom stereocenters. The number of hydrogen-bond acceptors (Lipinski definition) is 2. The fraction of sp³-hybridized carbons (Fsp3) is 0.818. The standard InChI is InChI=1S/C11H21NO/c1-4-6-7-8-11(5-2)12(3)9-10-13/h2,11,13H,4,6-10H2,1,3H3. The zero-order chi connectivity index (χ0) is 10.1. The van der Waals surface area contributed by atoms with E-state index in [0.29, 0.717) is 6.54 Å². The first-order valence-corrected chi connectivity index (χ1v) is 5.03. The summed E-state index contributed by atoms with van der Waals surface area (Å²) in [5, 5.41) is 8.74. The summed E-state index contributed by atoms with van der Waals surface area (Å²) >= 11 is 0. The van der Waals surface area contributed by atoms with Crippen LogP contribution in [0.15, 0.2) is 0 Å². The Morgan fingerprint density at radius 1 is 1.46 bits per heavy atom. The Labute approximate surface area is 81.9 Å². The largest absolute Gasteiger partial charge is 0.395 e. The molecule has 0 rings (SSSR count). The summed E-state index contributed by atoms with van der Waals surface area (Å²) in [4.78, 5) is 2.04. The summed E-state index contributed by atoms with van der Waals surface area (Å²) in [5.74, 6) is 2.76. The number of aliphatic hydroxyl groups is 1. The van der Waals surface area contributed by atoms with E-state index in [4.69, 9.17) is 11.5 Å². The summed E-state index contributed by atoms with van der Waals surface area (Å²) in [5.41, 5.74) is 0. The predicted molar refractivity (Wildman–Crippen MR) is 56.5 cm³/mol. The Bertz CT molecular complexity index is 151. The maximum Gasteiger partial charge on any atom is 0.0710 e.